The van der Waals surface area contributed by atoms with E-state index in [1.165, 1.54) is 11.1 Å². The van der Waals surface area contributed by atoms with Gasteiger partial charge in [0, 0.05) is 19.6 Å². The zero-order chi connectivity index (χ0) is 16.3. The Kier molecular flexibility index (Phi) is 7.54. The summed E-state index contributed by atoms with van der Waals surface area (Å²) < 4.78 is 5.35. The number of ether oxygens (including phenoxy) is 1. The summed E-state index contributed by atoms with van der Waals surface area (Å²) in [5.41, 5.74) is 2.48. The molecule has 23 heavy (non-hydrogen) atoms. The van der Waals surface area contributed by atoms with Crippen molar-refractivity contribution in [2.75, 3.05) is 19.8 Å². The van der Waals surface area contributed by atoms with E-state index in [-0.39, 0.29) is 0 Å². The van der Waals surface area contributed by atoms with Gasteiger partial charge in [-0.2, -0.15) is 0 Å². The lowest BCUT2D eigenvalue weighted by molar-refractivity contribution is 0.0228. The molecule has 0 heterocycles. The summed E-state index contributed by atoms with van der Waals surface area (Å²) >= 11 is 0. The number of hydrogen-bond acceptors (Lipinski definition) is 3. The summed E-state index contributed by atoms with van der Waals surface area (Å²) in [5.74, 6) is 0. The molecule has 0 aliphatic carbocycles. The van der Waals surface area contributed by atoms with Crippen molar-refractivity contribution >= 4 is 0 Å². The van der Waals surface area contributed by atoms with Gasteiger partial charge in [-0.25, -0.2) is 0 Å². The van der Waals surface area contributed by atoms with Crippen LogP contribution >= 0.6 is 0 Å². The molecule has 0 aliphatic heterocycles. The molecule has 0 radical (unpaired) electrons. The highest BCUT2D eigenvalue weighted by atomic mass is 16.5. The minimum Gasteiger partial charge on any atom is -0.389 e. The van der Waals surface area contributed by atoms with Crippen molar-refractivity contribution in [1.82, 2.24) is 4.90 Å². The van der Waals surface area contributed by atoms with Crippen LogP contribution in [-0.4, -0.2) is 35.9 Å². The normalized spacial score (nSPS) is 12.3. The number of aliphatic hydroxyl groups is 1. The van der Waals surface area contributed by atoms with Crippen LogP contribution in [0.1, 0.15) is 11.1 Å². The van der Waals surface area contributed by atoms with Crippen molar-refractivity contribution < 1.29 is 9.84 Å². The van der Waals surface area contributed by atoms with Gasteiger partial charge in [0.1, 0.15) is 0 Å². The molecule has 0 spiro atoms. The van der Waals surface area contributed by atoms with Gasteiger partial charge in [0.2, 0.25) is 0 Å². The van der Waals surface area contributed by atoms with E-state index in [4.69, 9.17) is 4.74 Å². The molecule has 0 bridgehead atoms. The fourth-order valence-corrected chi connectivity index (χ4v) is 2.51. The van der Waals surface area contributed by atoms with E-state index < -0.39 is 6.10 Å². The second kappa shape index (κ2) is 9.95. The monoisotopic (exact) mass is 311 g/mol. The minimum absolute atomic E-state index is 0.325. The molecule has 3 nitrogen and oxygen atoms in total. The summed E-state index contributed by atoms with van der Waals surface area (Å²) in [6.07, 6.45) is 1.18. The Balaban J connectivity index is 1.97. The number of nitrogens with zero attached hydrogens (tertiary/aromatic N) is 1. The molecular weight excluding hydrogens is 286 g/mol. The van der Waals surface area contributed by atoms with Crippen LogP contribution in [0.2, 0.25) is 0 Å². The van der Waals surface area contributed by atoms with Crippen LogP contribution in [0.15, 0.2) is 73.3 Å². The first kappa shape index (κ1) is 17.4. The zero-order valence-corrected chi connectivity index (χ0v) is 13.5. The smallest absolute Gasteiger partial charge is 0.0900 e. The van der Waals surface area contributed by atoms with Gasteiger partial charge in [-0.15, -0.1) is 6.58 Å². The zero-order valence-electron chi connectivity index (χ0n) is 13.5. The van der Waals surface area contributed by atoms with Gasteiger partial charge in [0.05, 0.1) is 19.3 Å². The fraction of sp³-hybridized carbons (Fsp3) is 0.300. The Morgan fingerprint density at radius 2 is 1.48 bits per heavy atom. The molecule has 2 aromatic carbocycles. The lowest BCUT2D eigenvalue weighted by Crippen LogP contribution is -2.34. The van der Waals surface area contributed by atoms with Gasteiger partial charge in [-0.3, -0.25) is 4.90 Å². The summed E-state index contributed by atoms with van der Waals surface area (Å²) in [7, 11) is 0. The Hall–Kier alpha value is -1.94. The van der Waals surface area contributed by atoms with Gasteiger partial charge in [0.25, 0.3) is 0 Å². The van der Waals surface area contributed by atoms with E-state index in [2.05, 4.69) is 35.7 Å². The summed E-state index contributed by atoms with van der Waals surface area (Å²) in [6, 6.07) is 20.6. The summed E-state index contributed by atoms with van der Waals surface area (Å²) in [4.78, 5) is 2.24. The number of aliphatic hydroxyl groups excluding tert-OH is 1. The molecule has 0 saturated carbocycles. The van der Waals surface area contributed by atoms with Crippen LogP contribution in [0.4, 0.5) is 0 Å². The maximum absolute atomic E-state index is 10.2. The van der Waals surface area contributed by atoms with Gasteiger partial charge in [-0.05, 0) is 11.1 Å². The van der Waals surface area contributed by atoms with Crippen LogP contribution in [0.5, 0.6) is 0 Å². The van der Waals surface area contributed by atoms with Crippen LogP contribution in [0.25, 0.3) is 0 Å². The minimum atomic E-state index is -0.512. The second-order valence-electron chi connectivity index (χ2n) is 5.62. The third-order valence-corrected chi connectivity index (χ3v) is 3.51. The highest BCUT2D eigenvalue weighted by Crippen LogP contribution is 2.11. The van der Waals surface area contributed by atoms with Crippen molar-refractivity contribution in [3.63, 3.8) is 0 Å². The Labute approximate surface area is 138 Å². The van der Waals surface area contributed by atoms with Crippen molar-refractivity contribution in [1.29, 1.82) is 0 Å². The average molecular weight is 311 g/mol. The molecule has 2 rings (SSSR count). The van der Waals surface area contributed by atoms with Gasteiger partial charge in [0.15, 0.2) is 0 Å². The number of hydrogen-bond donors (Lipinski definition) is 1. The van der Waals surface area contributed by atoms with Crippen molar-refractivity contribution in [3.8, 4) is 0 Å². The van der Waals surface area contributed by atoms with E-state index in [1.807, 2.05) is 36.4 Å². The first-order chi connectivity index (χ1) is 11.3. The topological polar surface area (TPSA) is 32.7 Å². The maximum atomic E-state index is 10.2. The first-order valence-corrected chi connectivity index (χ1v) is 7.95. The van der Waals surface area contributed by atoms with Gasteiger partial charge >= 0.3 is 0 Å². The Morgan fingerprint density at radius 3 is 1.96 bits per heavy atom. The van der Waals surface area contributed by atoms with Crippen LogP contribution < -0.4 is 0 Å². The van der Waals surface area contributed by atoms with E-state index in [0.717, 1.165) is 13.1 Å². The Bertz CT molecular complexity index is 515. The molecule has 1 N–H and O–H groups in total. The number of rotatable bonds is 10. The van der Waals surface area contributed by atoms with Crippen LogP contribution in [0, 0.1) is 0 Å². The summed E-state index contributed by atoms with van der Waals surface area (Å²) in [6.45, 7) is 6.58. The molecule has 0 amide bonds. The molecular formula is C20H25NO2. The van der Waals surface area contributed by atoms with Gasteiger partial charge < -0.3 is 9.84 Å². The Morgan fingerprint density at radius 1 is 0.957 bits per heavy atom. The van der Waals surface area contributed by atoms with Crippen molar-refractivity contribution in [2.24, 2.45) is 0 Å². The molecule has 0 fully saturated rings. The van der Waals surface area contributed by atoms with Crippen molar-refractivity contribution in [2.45, 2.75) is 19.2 Å². The van der Waals surface area contributed by atoms with E-state index >= 15 is 0 Å². The molecule has 0 aliphatic rings. The molecule has 122 valence electrons. The highest BCUT2D eigenvalue weighted by molar-refractivity contribution is 5.17. The molecule has 0 saturated heterocycles. The van der Waals surface area contributed by atoms with Gasteiger partial charge in [-0.1, -0.05) is 66.7 Å². The SMILES string of the molecule is C=CCOCC(O)CN(Cc1ccccc1)Cc1ccccc1. The standard InChI is InChI=1S/C20H25NO2/c1-2-13-23-17-20(22)16-21(14-18-9-5-3-6-10-18)15-19-11-7-4-8-12-19/h2-12,20,22H,1,13-17H2. The van der Waals surface area contributed by atoms with E-state index in [1.54, 1.807) is 6.08 Å². The predicted molar refractivity (Wildman–Crippen MR) is 94.0 cm³/mol. The van der Waals surface area contributed by atoms with E-state index in [0.29, 0.717) is 19.8 Å². The maximum Gasteiger partial charge on any atom is 0.0900 e. The average Bonchev–Trinajstić information content (AvgIpc) is 2.57. The van der Waals surface area contributed by atoms with Crippen LogP contribution in [-0.2, 0) is 17.8 Å². The first-order valence-electron chi connectivity index (χ1n) is 7.95. The molecule has 2 aromatic rings. The quantitative estimate of drug-likeness (QED) is 0.540. The lowest BCUT2D eigenvalue weighted by Gasteiger charge is -2.25. The lowest BCUT2D eigenvalue weighted by atomic mass is 10.1. The van der Waals surface area contributed by atoms with Crippen molar-refractivity contribution in [3.05, 3.63) is 84.4 Å². The highest BCUT2D eigenvalue weighted by Gasteiger charge is 2.13. The molecule has 3 heteroatoms. The molecule has 1 unspecified atom stereocenters. The third-order valence-electron chi connectivity index (χ3n) is 3.51. The summed E-state index contributed by atoms with van der Waals surface area (Å²) in [5, 5.41) is 10.2. The van der Waals surface area contributed by atoms with Crippen LogP contribution in [0.3, 0.4) is 0 Å². The number of benzene rings is 2. The third kappa shape index (κ3) is 6.78. The molecule has 1 atom stereocenters. The largest absolute Gasteiger partial charge is 0.389 e. The fourth-order valence-electron chi connectivity index (χ4n) is 2.51. The predicted octanol–water partition coefficient (Wildman–Crippen LogP) is 3.25. The second-order valence-corrected chi connectivity index (χ2v) is 5.62. The molecule has 0 aromatic heterocycles. The van der Waals surface area contributed by atoms with E-state index in [9.17, 15) is 5.11 Å².